The molecule has 310 valence electrons. The highest BCUT2D eigenvalue weighted by Gasteiger charge is 2.56. The summed E-state index contributed by atoms with van der Waals surface area (Å²) < 4.78 is 43.8. The Morgan fingerprint density at radius 1 is 0.574 bits per heavy atom. The molecule has 0 saturated carbocycles. The van der Waals surface area contributed by atoms with Crippen molar-refractivity contribution < 1.29 is 108 Å². The first-order valence-electron chi connectivity index (χ1n) is 16.7. The average molecular weight is 787 g/mol. The smallest absolute Gasteiger partial charge is 0.217 e. The summed E-state index contributed by atoms with van der Waals surface area (Å²) in [5.74, 6) is -5.40. The summed E-state index contributed by atoms with van der Waals surface area (Å²) in [4.78, 5) is 48.4. The molecular formula is C30H46N2O22-2. The molecule has 54 heavy (non-hydrogen) atoms. The Bertz CT molecular complexity index is 1310. The first-order valence-corrected chi connectivity index (χ1v) is 16.7. The van der Waals surface area contributed by atoms with Crippen LogP contribution in [0.2, 0.25) is 0 Å². The van der Waals surface area contributed by atoms with E-state index in [4.69, 9.17) is 37.9 Å². The van der Waals surface area contributed by atoms with E-state index in [1.807, 2.05) is 0 Å². The number of aliphatic carboxylic acids is 2. The van der Waals surface area contributed by atoms with Gasteiger partial charge in [0.2, 0.25) is 11.8 Å². The van der Waals surface area contributed by atoms with E-state index in [9.17, 15) is 70.2 Å². The Balaban J connectivity index is 1.62. The highest BCUT2D eigenvalue weighted by molar-refractivity contribution is 5.74. The number of aliphatic hydroxyl groups excluding tert-OH is 8. The second kappa shape index (κ2) is 18.5. The second-order valence-corrected chi connectivity index (χ2v) is 13.2. The Kier molecular flexibility index (Phi) is 15.0. The van der Waals surface area contributed by atoms with Crippen molar-refractivity contribution in [3.8, 4) is 0 Å². The molecule has 4 aliphatic heterocycles. The molecule has 0 aromatic rings. The topological polar surface area (TPSA) is 374 Å². The summed E-state index contributed by atoms with van der Waals surface area (Å²) in [5, 5.41) is 114. The van der Waals surface area contributed by atoms with Crippen LogP contribution in [0.5, 0.6) is 0 Å². The van der Waals surface area contributed by atoms with Crippen LogP contribution >= 0.6 is 0 Å². The lowest BCUT2D eigenvalue weighted by Crippen LogP contribution is -2.71. The average Bonchev–Trinajstić information content (AvgIpc) is 3.10. The molecule has 4 aliphatic rings. The predicted molar refractivity (Wildman–Crippen MR) is 161 cm³/mol. The molecule has 0 aliphatic carbocycles. The van der Waals surface area contributed by atoms with Crippen LogP contribution in [0.25, 0.3) is 0 Å². The third-order valence-electron chi connectivity index (χ3n) is 9.44. The number of hydrogen-bond acceptors (Lipinski definition) is 22. The molecule has 0 aromatic carbocycles. The number of carboxylic acids is 2. The number of amides is 2. The van der Waals surface area contributed by atoms with E-state index in [0.717, 1.165) is 21.0 Å². The summed E-state index contributed by atoms with van der Waals surface area (Å²) in [6.45, 7) is 1.88. The predicted octanol–water partition coefficient (Wildman–Crippen LogP) is -10.2. The van der Waals surface area contributed by atoms with Gasteiger partial charge in [0.1, 0.15) is 91.5 Å². The van der Waals surface area contributed by atoms with Crippen LogP contribution in [0.1, 0.15) is 20.8 Å². The number of ether oxygens (including phenoxy) is 8. The lowest BCUT2D eigenvalue weighted by molar-refractivity contribution is -0.385. The maximum atomic E-state index is 12.4. The fourth-order valence-corrected chi connectivity index (χ4v) is 6.77. The minimum atomic E-state index is -2.34. The van der Waals surface area contributed by atoms with Gasteiger partial charge in [0.05, 0.1) is 37.3 Å². The molecule has 8 unspecified atom stereocenters. The van der Waals surface area contributed by atoms with Crippen molar-refractivity contribution in [2.45, 2.75) is 143 Å². The van der Waals surface area contributed by atoms with Crippen LogP contribution in [0.3, 0.4) is 0 Å². The number of carbonyl (C=O) groups is 4. The van der Waals surface area contributed by atoms with E-state index in [2.05, 4.69) is 10.6 Å². The van der Waals surface area contributed by atoms with Crippen molar-refractivity contribution in [2.24, 2.45) is 0 Å². The van der Waals surface area contributed by atoms with E-state index < -0.39 is 159 Å². The zero-order chi connectivity index (χ0) is 40.3. The van der Waals surface area contributed by atoms with Crippen LogP contribution in [-0.2, 0) is 57.1 Å². The van der Waals surface area contributed by atoms with Gasteiger partial charge in [0.15, 0.2) is 18.9 Å². The molecule has 4 saturated heterocycles. The first-order chi connectivity index (χ1) is 25.4. The normalized spacial score (nSPS) is 45.6. The Morgan fingerprint density at radius 3 is 1.43 bits per heavy atom. The Hall–Kier alpha value is -2.76. The molecule has 10 N–H and O–H groups in total. The molecule has 4 heterocycles. The number of rotatable bonds is 13. The van der Waals surface area contributed by atoms with Gasteiger partial charge in [-0.1, -0.05) is 0 Å². The fourth-order valence-electron chi connectivity index (χ4n) is 6.77. The highest BCUT2D eigenvalue weighted by atomic mass is 16.8. The van der Waals surface area contributed by atoms with Gasteiger partial charge in [-0.25, -0.2) is 0 Å². The molecule has 0 aromatic heterocycles. The molecule has 0 radical (unpaired) electrons. The maximum absolute atomic E-state index is 12.4. The van der Waals surface area contributed by atoms with Gasteiger partial charge in [-0.3, -0.25) is 9.59 Å². The quantitative estimate of drug-likeness (QED) is 0.0828. The van der Waals surface area contributed by atoms with Crippen LogP contribution in [0.15, 0.2) is 0 Å². The monoisotopic (exact) mass is 786 g/mol. The van der Waals surface area contributed by atoms with Crippen molar-refractivity contribution in [3.63, 3.8) is 0 Å². The van der Waals surface area contributed by atoms with E-state index in [1.54, 1.807) is 0 Å². The van der Waals surface area contributed by atoms with E-state index >= 15 is 0 Å². The van der Waals surface area contributed by atoms with Crippen LogP contribution in [-0.4, -0.2) is 207 Å². The molecule has 20 atom stereocenters. The molecule has 4 fully saturated rings. The van der Waals surface area contributed by atoms with Gasteiger partial charge < -0.3 is 109 Å². The lowest BCUT2D eigenvalue weighted by atomic mass is 9.92. The second-order valence-electron chi connectivity index (χ2n) is 13.2. The number of aliphatic hydroxyl groups is 8. The Morgan fingerprint density at radius 2 is 0.981 bits per heavy atom. The number of methoxy groups -OCH3 is 1. The van der Waals surface area contributed by atoms with Crippen molar-refractivity contribution in [1.82, 2.24) is 10.6 Å². The minimum Gasteiger partial charge on any atom is -0.547 e. The summed E-state index contributed by atoms with van der Waals surface area (Å²) in [7, 11) is 1.02. The molecule has 0 bridgehead atoms. The van der Waals surface area contributed by atoms with Crippen molar-refractivity contribution in [1.29, 1.82) is 0 Å². The standard InChI is InChI=1S/C30H48N2O22/c1-7-12(31-8(2)35)20(14(37)10(5-33)48-7)50-30-19(42)17(40)23(25(54-30)27(45)46)52-28-13(32-9(3)36)21(15(38)11(6-34)49-28)51-29-18(41)16(39)22(47-4)24(53-29)26(43)44/h7,10-25,28-30,33-34,37-42H,5-6H2,1-4H3,(H,31,35)(H,32,36)(H,43,44)(H,45,46)/p-2/t7-,10?,11?,12?,13?,14+,15+,16+,17+,18?,19?,20+,21+,22-,23-,24?,25?,28-,29+,30+/m0/s1. The van der Waals surface area contributed by atoms with Crippen LogP contribution in [0, 0.1) is 0 Å². The minimum absolute atomic E-state index is 0.599. The Labute approximate surface area is 306 Å². The number of carboxylic acid groups (broad SMARTS) is 2. The van der Waals surface area contributed by atoms with Crippen molar-refractivity contribution in [2.75, 3.05) is 20.3 Å². The molecule has 24 heteroatoms. The summed E-state index contributed by atoms with van der Waals surface area (Å²) in [6.07, 6.45) is -33.7. The summed E-state index contributed by atoms with van der Waals surface area (Å²) >= 11 is 0. The summed E-state index contributed by atoms with van der Waals surface area (Å²) in [6, 6.07) is -2.92. The SMILES string of the molecule is CO[C@@H]1C(C(=O)[O-])O[C@@H](O[C@@H]2C(NC(C)=O)[C@H](O[C@@H]3C(C(=O)[O-])O[C@@H](O[C@@H]4C(NC(C)=O)[C@H](C)OC(CO)[C@H]4O)C(O)[C@H]3O)OC(CO)[C@H]2O)C(O)[C@H]1O. The molecule has 4 rings (SSSR count). The number of carbonyl (C=O) groups excluding carboxylic acids is 4. The van der Waals surface area contributed by atoms with Gasteiger partial charge in [0, 0.05) is 21.0 Å². The van der Waals surface area contributed by atoms with E-state index in [1.165, 1.54) is 6.92 Å². The van der Waals surface area contributed by atoms with Crippen LogP contribution in [0.4, 0.5) is 0 Å². The van der Waals surface area contributed by atoms with E-state index in [-0.39, 0.29) is 0 Å². The van der Waals surface area contributed by atoms with Crippen LogP contribution < -0.4 is 20.8 Å². The summed E-state index contributed by atoms with van der Waals surface area (Å²) in [5.41, 5.74) is 0. The lowest BCUT2D eigenvalue weighted by Gasteiger charge is -2.50. The largest absolute Gasteiger partial charge is 0.547 e. The number of hydrogen-bond donors (Lipinski definition) is 10. The van der Waals surface area contributed by atoms with Gasteiger partial charge >= 0.3 is 0 Å². The third kappa shape index (κ3) is 9.26. The molecule has 0 spiro atoms. The first kappa shape index (κ1) is 44.0. The van der Waals surface area contributed by atoms with Gasteiger partial charge in [0.25, 0.3) is 0 Å². The molecular weight excluding hydrogens is 740 g/mol. The third-order valence-corrected chi connectivity index (χ3v) is 9.44. The highest BCUT2D eigenvalue weighted by Crippen LogP contribution is 2.34. The number of nitrogens with one attached hydrogen (secondary N) is 2. The van der Waals surface area contributed by atoms with Gasteiger partial charge in [-0.2, -0.15) is 0 Å². The van der Waals surface area contributed by atoms with Crippen molar-refractivity contribution in [3.05, 3.63) is 0 Å². The van der Waals surface area contributed by atoms with E-state index in [0.29, 0.717) is 0 Å². The zero-order valence-corrected chi connectivity index (χ0v) is 29.3. The molecule has 24 nitrogen and oxygen atoms in total. The van der Waals surface area contributed by atoms with Gasteiger partial charge in [-0.05, 0) is 6.92 Å². The van der Waals surface area contributed by atoms with Gasteiger partial charge in [-0.15, -0.1) is 0 Å². The van der Waals surface area contributed by atoms with Crippen molar-refractivity contribution >= 4 is 23.8 Å². The zero-order valence-electron chi connectivity index (χ0n) is 29.3. The molecule has 2 amide bonds. The fraction of sp³-hybridized carbons (Fsp3) is 0.867. The maximum Gasteiger partial charge on any atom is 0.217 e.